The Balaban J connectivity index is 2.03. The van der Waals surface area contributed by atoms with E-state index in [1.54, 1.807) is 25.1 Å². The Morgan fingerprint density at radius 1 is 1.33 bits per heavy atom. The molecule has 21 heavy (non-hydrogen) atoms. The van der Waals surface area contributed by atoms with Gasteiger partial charge >= 0.3 is 5.69 Å². The minimum absolute atomic E-state index is 0.244. The van der Waals surface area contributed by atoms with Crippen LogP contribution in [0.5, 0.6) is 0 Å². The van der Waals surface area contributed by atoms with Crippen molar-refractivity contribution in [1.29, 1.82) is 0 Å². The van der Waals surface area contributed by atoms with Crippen LogP contribution in [-0.4, -0.2) is 9.55 Å². The van der Waals surface area contributed by atoms with Crippen LogP contribution in [0.1, 0.15) is 30.5 Å². The second-order valence-corrected chi connectivity index (χ2v) is 5.09. The maximum Gasteiger partial charge on any atom is 0.329 e. The summed E-state index contributed by atoms with van der Waals surface area (Å²) in [4.78, 5) is 26.7. The Morgan fingerprint density at radius 2 is 2.10 bits per heavy atom. The van der Waals surface area contributed by atoms with Crippen molar-refractivity contribution in [3.05, 3.63) is 62.0 Å². The Bertz CT molecular complexity index is 794. The van der Waals surface area contributed by atoms with Crippen molar-refractivity contribution >= 4 is 5.82 Å². The minimum Gasteiger partial charge on any atom is -0.364 e. The monoisotopic (exact) mass is 289 g/mol. The molecular formula is C15H16FN3O2. The van der Waals surface area contributed by atoms with Gasteiger partial charge in [-0.15, -0.1) is 0 Å². The highest BCUT2D eigenvalue weighted by molar-refractivity contribution is 5.48. The number of aromatic nitrogens is 2. The van der Waals surface area contributed by atoms with E-state index in [2.05, 4.69) is 10.3 Å². The molecule has 2 aromatic rings. The first-order valence-electron chi connectivity index (χ1n) is 6.98. The number of H-pyrrole nitrogens is 1. The summed E-state index contributed by atoms with van der Waals surface area (Å²) >= 11 is 0. The highest BCUT2D eigenvalue weighted by atomic mass is 19.1. The Kier molecular flexibility index (Phi) is 3.37. The number of halogens is 1. The molecule has 1 aliphatic rings. The first-order valence-corrected chi connectivity index (χ1v) is 6.98. The molecule has 1 aromatic carbocycles. The van der Waals surface area contributed by atoms with Gasteiger partial charge in [0, 0.05) is 12.1 Å². The molecule has 0 saturated heterocycles. The zero-order chi connectivity index (χ0) is 15.0. The molecule has 0 bridgehead atoms. The van der Waals surface area contributed by atoms with Gasteiger partial charge in [0.15, 0.2) is 0 Å². The number of rotatable bonds is 2. The largest absolute Gasteiger partial charge is 0.364 e. The summed E-state index contributed by atoms with van der Waals surface area (Å²) in [6.45, 7) is 2.08. The van der Waals surface area contributed by atoms with Crippen molar-refractivity contribution < 1.29 is 4.39 Å². The third-order valence-corrected chi connectivity index (χ3v) is 3.88. The van der Waals surface area contributed by atoms with Crippen molar-refractivity contribution in [3.8, 4) is 0 Å². The summed E-state index contributed by atoms with van der Waals surface area (Å²) in [5.41, 5.74) is 0.395. The van der Waals surface area contributed by atoms with E-state index < -0.39 is 5.69 Å². The molecule has 110 valence electrons. The fraction of sp³-hybridized carbons (Fsp3) is 0.333. The average Bonchev–Trinajstić information content (AvgIpc) is 2.47. The van der Waals surface area contributed by atoms with Crippen LogP contribution in [0.15, 0.2) is 33.9 Å². The standard InChI is InChI=1S/C15H16FN3O2/c1-2-19-14(20)10-7-8-12(17-13(10)18-15(19)21)9-5-3-4-6-11(9)16/h3-6,12,17H,2,7-8H2,1H3,(H,18,21)/t12-/m1/s1. The highest BCUT2D eigenvalue weighted by Gasteiger charge is 2.25. The predicted molar refractivity (Wildman–Crippen MR) is 78.1 cm³/mol. The summed E-state index contributed by atoms with van der Waals surface area (Å²) in [6.07, 6.45) is 1.12. The van der Waals surface area contributed by atoms with Gasteiger partial charge in [-0.3, -0.25) is 14.3 Å². The van der Waals surface area contributed by atoms with Crippen LogP contribution in [0.3, 0.4) is 0 Å². The molecular weight excluding hydrogens is 273 g/mol. The second kappa shape index (κ2) is 5.20. The van der Waals surface area contributed by atoms with E-state index in [4.69, 9.17) is 0 Å². The van der Waals surface area contributed by atoms with Gasteiger partial charge in [-0.05, 0) is 25.8 Å². The maximum absolute atomic E-state index is 13.8. The van der Waals surface area contributed by atoms with E-state index in [-0.39, 0.29) is 17.4 Å². The lowest BCUT2D eigenvalue weighted by atomic mass is 9.95. The number of hydrogen-bond donors (Lipinski definition) is 2. The molecule has 5 nitrogen and oxygen atoms in total. The van der Waals surface area contributed by atoms with Gasteiger partial charge in [0.2, 0.25) is 0 Å². The van der Waals surface area contributed by atoms with Crippen molar-refractivity contribution in [1.82, 2.24) is 9.55 Å². The number of anilines is 1. The zero-order valence-electron chi connectivity index (χ0n) is 11.6. The Labute approximate surface area is 120 Å². The summed E-state index contributed by atoms with van der Waals surface area (Å²) in [5.74, 6) is 0.122. The molecule has 0 amide bonds. The van der Waals surface area contributed by atoms with Crippen LogP contribution >= 0.6 is 0 Å². The normalized spacial score (nSPS) is 17.1. The van der Waals surface area contributed by atoms with Gasteiger partial charge in [0.25, 0.3) is 5.56 Å². The maximum atomic E-state index is 13.8. The van der Waals surface area contributed by atoms with Crippen LogP contribution in [0, 0.1) is 5.82 Å². The first-order chi connectivity index (χ1) is 10.1. The number of aromatic amines is 1. The average molecular weight is 289 g/mol. The molecule has 1 aromatic heterocycles. The van der Waals surface area contributed by atoms with Crippen LogP contribution in [-0.2, 0) is 13.0 Å². The fourth-order valence-corrected chi connectivity index (χ4v) is 2.78. The minimum atomic E-state index is -0.442. The summed E-state index contributed by atoms with van der Waals surface area (Å²) in [5, 5.41) is 3.08. The lowest BCUT2D eigenvalue weighted by Gasteiger charge is -2.27. The number of nitrogens with zero attached hydrogens (tertiary/aromatic N) is 1. The number of nitrogens with one attached hydrogen (secondary N) is 2. The van der Waals surface area contributed by atoms with Gasteiger partial charge in [0.1, 0.15) is 11.6 Å². The first kappa shape index (κ1) is 13.6. The molecule has 0 radical (unpaired) electrons. The molecule has 3 rings (SSSR count). The van der Waals surface area contributed by atoms with Gasteiger partial charge in [-0.2, -0.15) is 0 Å². The lowest BCUT2D eigenvalue weighted by Crippen LogP contribution is -2.39. The van der Waals surface area contributed by atoms with Gasteiger partial charge < -0.3 is 5.32 Å². The van der Waals surface area contributed by atoms with E-state index in [0.717, 1.165) is 0 Å². The van der Waals surface area contributed by atoms with Crippen LogP contribution in [0.25, 0.3) is 0 Å². The smallest absolute Gasteiger partial charge is 0.329 e. The molecule has 0 unspecified atom stereocenters. The van der Waals surface area contributed by atoms with Crippen LogP contribution < -0.4 is 16.6 Å². The lowest BCUT2D eigenvalue weighted by molar-refractivity contribution is 0.562. The molecule has 1 aliphatic heterocycles. The highest BCUT2D eigenvalue weighted by Crippen LogP contribution is 2.30. The van der Waals surface area contributed by atoms with Crippen molar-refractivity contribution in [2.24, 2.45) is 0 Å². The Morgan fingerprint density at radius 3 is 2.81 bits per heavy atom. The van der Waals surface area contributed by atoms with E-state index in [0.29, 0.717) is 36.3 Å². The van der Waals surface area contributed by atoms with E-state index in [1.165, 1.54) is 10.6 Å². The number of fused-ring (bicyclic) bond motifs is 1. The molecule has 0 aliphatic carbocycles. The third-order valence-electron chi connectivity index (χ3n) is 3.88. The Hall–Kier alpha value is -2.37. The van der Waals surface area contributed by atoms with Crippen molar-refractivity contribution in [3.63, 3.8) is 0 Å². The number of hydrogen-bond acceptors (Lipinski definition) is 3. The summed E-state index contributed by atoms with van der Waals surface area (Å²) in [7, 11) is 0. The van der Waals surface area contributed by atoms with E-state index >= 15 is 0 Å². The molecule has 2 heterocycles. The second-order valence-electron chi connectivity index (χ2n) is 5.09. The van der Waals surface area contributed by atoms with Gasteiger partial charge in [-0.1, -0.05) is 18.2 Å². The zero-order valence-corrected chi connectivity index (χ0v) is 11.6. The molecule has 0 spiro atoms. The molecule has 2 N–H and O–H groups in total. The molecule has 6 heteroatoms. The summed E-state index contributed by atoms with van der Waals surface area (Å²) < 4.78 is 15.0. The van der Waals surface area contributed by atoms with Crippen molar-refractivity contribution in [2.75, 3.05) is 5.32 Å². The topological polar surface area (TPSA) is 66.9 Å². The van der Waals surface area contributed by atoms with E-state index in [1.807, 2.05) is 0 Å². The van der Waals surface area contributed by atoms with Gasteiger partial charge in [0.05, 0.1) is 11.6 Å². The SMILES string of the molecule is CCn1c(=O)[nH]c2c(c1=O)CC[C@H](c1ccccc1F)N2. The molecule has 0 fully saturated rings. The van der Waals surface area contributed by atoms with Crippen LogP contribution in [0.4, 0.5) is 10.2 Å². The fourth-order valence-electron chi connectivity index (χ4n) is 2.78. The van der Waals surface area contributed by atoms with Gasteiger partial charge in [-0.25, -0.2) is 9.18 Å². The molecule has 0 saturated carbocycles. The predicted octanol–water partition coefficient (Wildman–Crippen LogP) is 1.80. The van der Waals surface area contributed by atoms with Crippen LogP contribution in [0.2, 0.25) is 0 Å². The molecule has 1 atom stereocenters. The summed E-state index contributed by atoms with van der Waals surface area (Å²) in [6, 6.07) is 6.28. The quantitative estimate of drug-likeness (QED) is 0.886. The van der Waals surface area contributed by atoms with E-state index in [9.17, 15) is 14.0 Å². The van der Waals surface area contributed by atoms with Crippen molar-refractivity contribution in [2.45, 2.75) is 32.4 Å². The third kappa shape index (κ3) is 2.26. The number of benzene rings is 1.